The fourth-order valence-corrected chi connectivity index (χ4v) is 3.03. The number of benzene rings is 1. The van der Waals surface area contributed by atoms with Crippen LogP contribution in [0, 0.1) is 11.7 Å². The van der Waals surface area contributed by atoms with Crippen molar-refractivity contribution in [1.82, 2.24) is 0 Å². The molecule has 0 spiro atoms. The molecule has 1 aromatic rings. The summed E-state index contributed by atoms with van der Waals surface area (Å²) < 4.78 is 13.7. The highest BCUT2D eigenvalue weighted by atomic mass is 35.5. The molecule has 0 radical (unpaired) electrons. The summed E-state index contributed by atoms with van der Waals surface area (Å²) in [5.41, 5.74) is 0.358. The van der Waals surface area contributed by atoms with Gasteiger partial charge in [-0.25, -0.2) is 4.39 Å². The number of halogens is 2. The first kappa shape index (κ1) is 14.5. The lowest BCUT2D eigenvalue weighted by Crippen LogP contribution is -2.19. The Kier molecular flexibility index (Phi) is 5.38. The Bertz CT molecular complexity index is 416. The number of carbonyl (C=O) groups excluding carboxylic acids is 1. The molecule has 19 heavy (non-hydrogen) atoms. The van der Waals surface area contributed by atoms with Gasteiger partial charge in [-0.3, -0.25) is 4.79 Å². The molecule has 0 amide bonds. The maximum Gasteiger partial charge on any atom is 0.140 e. The van der Waals surface area contributed by atoms with Gasteiger partial charge < -0.3 is 0 Å². The van der Waals surface area contributed by atoms with Crippen molar-refractivity contribution in [3.05, 3.63) is 34.6 Å². The summed E-state index contributed by atoms with van der Waals surface area (Å²) in [6.07, 6.45) is 7.96. The van der Waals surface area contributed by atoms with Gasteiger partial charge in [-0.15, -0.1) is 0 Å². The van der Waals surface area contributed by atoms with Crippen LogP contribution < -0.4 is 0 Å². The molecule has 0 saturated heterocycles. The van der Waals surface area contributed by atoms with Crippen molar-refractivity contribution in [3.63, 3.8) is 0 Å². The van der Waals surface area contributed by atoms with E-state index in [1.165, 1.54) is 25.3 Å². The number of hydrogen-bond donors (Lipinski definition) is 0. The Labute approximate surface area is 119 Å². The van der Waals surface area contributed by atoms with Gasteiger partial charge in [0, 0.05) is 22.9 Å². The second kappa shape index (κ2) is 7.04. The van der Waals surface area contributed by atoms with E-state index in [4.69, 9.17) is 11.6 Å². The molecule has 104 valence electrons. The fourth-order valence-electron chi connectivity index (χ4n) is 2.80. The van der Waals surface area contributed by atoms with Gasteiger partial charge in [0.2, 0.25) is 0 Å². The molecule has 0 unspecified atom stereocenters. The molecule has 1 aromatic carbocycles. The lowest BCUT2D eigenvalue weighted by Gasteiger charge is -2.18. The van der Waals surface area contributed by atoms with Gasteiger partial charge in [0.25, 0.3) is 0 Å². The number of ketones is 1. The average molecular weight is 283 g/mol. The summed E-state index contributed by atoms with van der Waals surface area (Å²) in [5, 5.41) is 0.360. The Balaban J connectivity index is 2.03. The summed E-state index contributed by atoms with van der Waals surface area (Å²) in [5.74, 6) is -0.128. The van der Waals surface area contributed by atoms with E-state index in [2.05, 4.69) is 0 Å². The number of Topliss-reactive ketones (excluding diaryl/α,β-unsaturated/α-hetero) is 1. The van der Waals surface area contributed by atoms with Gasteiger partial charge in [0.05, 0.1) is 0 Å². The molecular formula is C16H20ClFO. The predicted molar refractivity (Wildman–Crippen MR) is 75.9 cm³/mol. The SMILES string of the molecule is O=C(Cc1c(F)cccc1Cl)C1CCCCCCC1. The first-order chi connectivity index (χ1) is 9.18. The van der Waals surface area contributed by atoms with Crippen molar-refractivity contribution in [1.29, 1.82) is 0 Å². The van der Waals surface area contributed by atoms with Gasteiger partial charge in [-0.05, 0) is 25.0 Å². The van der Waals surface area contributed by atoms with Crippen LogP contribution in [0.5, 0.6) is 0 Å². The molecule has 1 saturated carbocycles. The van der Waals surface area contributed by atoms with E-state index < -0.39 is 0 Å². The fraction of sp³-hybridized carbons (Fsp3) is 0.562. The van der Waals surface area contributed by atoms with Gasteiger partial charge in [-0.1, -0.05) is 49.8 Å². The normalized spacial score (nSPS) is 17.8. The van der Waals surface area contributed by atoms with E-state index in [1.54, 1.807) is 12.1 Å². The molecular weight excluding hydrogens is 263 g/mol. The number of rotatable bonds is 3. The first-order valence-electron chi connectivity index (χ1n) is 7.14. The molecule has 0 bridgehead atoms. The third-order valence-electron chi connectivity index (χ3n) is 3.97. The minimum atomic E-state index is -0.369. The zero-order chi connectivity index (χ0) is 13.7. The molecule has 1 fully saturated rings. The van der Waals surface area contributed by atoms with E-state index in [9.17, 15) is 9.18 Å². The minimum absolute atomic E-state index is 0.0935. The minimum Gasteiger partial charge on any atom is -0.299 e. The smallest absolute Gasteiger partial charge is 0.140 e. The second-order valence-corrected chi connectivity index (χ2v) is 5.79. The molecule has 3 heteroatoms. The predicted octanol–water partition coefficient (Wildman–Crippen LogP) is 4.95. The topological polar surface area (TPSA) is 17.1 Å². The Morgan fingerprint density at radius 2 is 1.79 bits per heavy atom. The number of carbonyl (C=O) groups is 1. The van der Waals surface area contributed by atoms with Crippen molar-refractivity contribution in [2.75, 3.05) is 0 Å². The molecule has 1 nitrogen and oxygen atoms in total. The van der Waals surface area contributed by atoms with Crippen molar-refractivity contribution in [3.8, 4) is 0 Å². The largest absolute Gasteiger partial charge is 0.299 e. The highest BCUT2D eigenvalue weighted by Gasteiger charge is 2.21. The Morgan fingerprint density at radius 1 is 1.16 bits per heavy atom. The lowest BCUT2D eigenvalue weighted by atomic mass is 9.86. The molecule has 2 rings (SSSR count). The van der Waals surface area contributed by atoms with Gasteiger partial charge in [0.15, 0.2) is 0 Å². The van der Waals surface area contributed by atoms with Gasteiger partial charge in [-0.2, -0.15) is 0 Å². The molecule has 0 N–H and O–H groups in total. The van der Waals surface area contributed by atoms with E-state index in [-0.39, 0.29) is 23.9 Å². The zero-order valence-electron chi connectivity index (χ0n) is 11.1. The van der Waals surface area contributed by atoms with Crippen LogP contribution >= 0.6 is 11.6 Å². The maximum absolute atomic E-state index is 13.7. The van der Waals surface area contributed by atoms with Crippen molar-refractivity contribution in [2.45, 2.75) is 51.4 Å². The van der Waals surface area contributed by atoms with Crippen molar-refractivity contribution >= 4 is 17.4 Å². The maximum atomic E-state index is 13.7. The van der Waals surface area contributed by atoms with Gasteiger partial charge >= 0.3 is 0 Å². The third kappa shape index (κ3) is 4.04. The van der Waals surface area contributed by atoms with E-state index in [0.29, 0.717) is 10.6 Å². The standard InChI is InChI=1S/C16H20ClFO/c17-14-9-6-10-15(18)13(14)11-16(19)12-7-4-2-1-3-5-8-12/h6,9-10,12H,1-5,7-8,11H2. The summed E-state index contributed by atoms with van der Waals surface area (Å²) in [6.45, 7) is 0. The first-order valence-corrected chi connectivity index (χ1v) is 7.52. The van der Waals surface area contributed by atoms with Crippen LogP contribution in [0.1, 0.15) is 50.5 Å². The van der Waals surface area contributed by atoms with E-state index in [0.717, 1.165) is 25.7 Å². The number of hydrogen-bond acceptors (Lipinski definition) is 1. The summed E-state index contributed by atoms with van der Waals surface area (Å²) >= 11 is 5.98. The molecule has 0 heterocycles. The van der Waals surface area contributed by atoms with Crippen LogP contribution in [0.15, 0.2) is 18.2 Å². The highest BCUT2D eigenvalue weighted by molar-refractivity contribution is 6.31. The molecule has 0 atom stereocenters. The van der Waals surface area contributed by atoms with E-state index in [1.807, 2.05) is 0 Å². The quantitative estimate of drug-likeness (QED) is 0.766. The lowest BCUT2D eigenvalue weighted by molar-refractivity contribution is -0.122. The van der Waals surface area contributed by atoms with Crippen LogP contribution in [0.3, 0.4) is 0 Å². The third-order valence-corrected chi connectivity index (χ3v) is 4.33. The Hall–Kier alpha value is -0.890. The van der Waals surface area contributed by atoms with E-state index >= 15 is 0 Å². The van der Waals surface area contributed by atoms with Crippen LogP contribution in [0.2, 0.25) is 5.02 Å². The van der Waals surface area contributed by atoms with Crippen LogP contribution in [0.25, 0.3) is 0 Å². The van der Waals surface area contributed by atoms with Gasteiger partial charge in [0.1, 0.15) is 11.6 Å². The molecule has 0 aromatic heterocycles. The highest BCUT2D eigenvalue weighted by Crippen LogP contribution is 2.26. The molecule has 1 aliphatic carbocycles. The van der Waals surface area contributed by atoms with Crippen molar-refractivity contribution < 1.29 is 9.18 Å². The van der Waals surface area contributed by atoms with Crippen LogP contribution in [-0.4, -0.2) is 5.78 Å². The van der Waals surface area contributed by atoms with Crippen LogP contribution in [0.4, 0.5) is 4.39 Å². The monoisotopic (exact) mass is 282 g/mol. The summed E-state index contributed by atoms with van der Waals surface area (Å²) in [4.78, 5) is 12.3. The summed E-state index contributed by atoms with van der Waals surface area (Å²) in [6, 6.07) is 4.58. The van der Waals surface area contributed by atoms with Crippen LogP contribution in [-0.2, 0) is 11.2 Å². The second-order valence-electron chi connectivity index (χ2n) is 5.39. The zero-order valence-corrected chi connectivity index (χ0v) is 11.9. The Morgan fingerprint density at radius 3 is 2.42 bits per heavy atom. The van der Waals surface area contributed by atoms with Crippen molar-refractivity contribution in [2.24, 2.45) is 5.92 Å². The molecule has 1 aliphatic rings. The molecule has 0 aliphatic heterocycles. The summed E-state index contributed by atoms with van der Waals surface area (Å²) in [7, 11) is 0. The average Bonchev–Trinajstić information content (AvgIpc) is 2.33.